The standard InChI is InChI=1S/C29H37FN8O2/c1-6-23(39)35-11-13-36(14-12-35)27-21-15-19(5)38(26-18(4)9-10-22(31)24(26)30)28(40)25(21)32-29(33-27)37-16-20(17-37)34(7-2)8-3/h6,9-10,15,20H,1,7-8,11-14,16-17,31H2,2-5H3. The fourth-order valence-corrected chi connectivity index (χ4v) is 5.75. The number of benzene rings is 1. The highest BCUT2D eigenvalue weighted by atomic mass is 19.1. The molecule has 0 spiro atoms. The number of fused-ring (bicyclic) bond motifs is 1. The van der Waals surface area contributed by atoms with Crippen molar-refractivity contribution >= 4 is 34.3 Å². The van der Waals surface area contributed by atoms with Crippen LogP contribution in [0, 0.1) is 19.7 Å². The molecule has 0 unspecified atom stereocenters. The average molecular weight is 549 g/mol. The summed E-state index contributed by atoms with van der Waals surface area (Å²) in [4.78, 5) is 44.3. The molecule has 2 aromatic heterocycles. The number of rotatable bonds is 7. The number of nitrogen functional groups attached to an aromatic ring is 1. The van der Waals surface area contributed by atoms with Crippen molar-refractivity contribution in [1.82, 2.24) is 24.3 Å². The highest BCUT2D eigenvalue weighted by Crippen LogP contribution is 2.31. The van der Waals surface area contributed by atoms with Gasteiger partial charge in [0.25, 0.3) is 5.56 Å². The van der Waals surface area contributed by atoms with Gasteiger partial charge in [-0.15, -0.1) is 0 Å². The van der Waals surface area contributed by atoms with Crippen LogP contribution in [0.1, 0.15) is 25.1 Å². The molecule has 212 valence electrons. The lowest BCUT2D eigenvalue weighted by Crippen LogP contribution is -2.60. The highest BCUT2D eigenvalue weighted by molar-refractivity contribution is 5.91. The van der Waals surface area contributed by atoms with E-state index in [2.05, 4.69) is 35.1 Å². The monoisotopic (exact) mass is 548 g/mol. The SMILES string of the molecule is C=CC(=O)N1CCN(c2nc(N3CC(N(CC)CC)C3)nc3c(=O)n(-c4c(C)ccc(N)c4F)c(C)cc23)CC1. The number of piperazine rings is 1. The summed E-state index contributed by atoms with van der Waals surface area (Å²) >= 11 is 0. The zero-order valence-corrected chi connectivity index (χ0v) is 23.7. The molecule has 1 aromatic carbocycles. The number of nitrogens with zero attached hydrogens (tertiary/aromatic N) is 7. The molecule has 0 atom stereocenters. The number of carbonyl (C=O) groups excluding carboxylic acids is 1. The van der Waals surface area contributed by atoms with Crippen molar-refractivity contribution in [2.75, 3.05) is 67.9 Å². The van der Waals surface area contributed by atoms with Crippen LogP contribution in [0.4, 0.5) is 21.8 Å². The molecule has 2 saturated heterocycles. The lowest BCUT2D eigenvalue weighted by molar-refractivity contribution is -0.126. The molecule has 40 heavy (non-hydrogen) atoms. The molecule has 3 aromatic rings. The van der Waals surface area contributed by atoms with Gasteiger partial charge in [0, 0.05) is 51.0 Å². The molecule has 2 aliphatic heterocycles. The Balaban J connectivity index is 1.63. The van der Waals surface area contributed by atoms with Crippen LogP contribution >= 0.6 is 0 Å². The van der Waals surface area contributed by atoms with Gasteiger partial charge in [-0.3, -0.25) is 19.1 Å². The molecule has 0 saturated carbocycles. The third-order valence-corrected chi connectivity index (χ3v) is 8.14. The maximum Gasteiger partial charge on any atom is 0.282 e. The number of amides is 1. The maximum atomic E-state index is 15.3. The Bertz CT molecular complexity index is 1520. The average Bonchev–Trinajstić information content (AvgIpc) is 2.93. The normalized spacial score (nSPS) is 16.1. The van der Waals surface area contributed by atoms with Gasteiger partial charge in [-0.25, -0.2) is 9.37 Å². The number of nitrogens with two attached hydrogens (primary N) is 1. The lowest BCUT2D eigenvalue weighted by atomic mass is 10.1. The van der Waals surface area contributed by atoms with Gasteiger partial charge in [-0.2, -0.15) is 4.98 Å². The summed E-state index contributed by atoms with van der Waals surface area (Å²) < 4.78 is 16.6. The Morgan fingerprint density at radius 1 is 1.12 bits per heavy atom. The van der Waals surface area contributed by atoms with Crippen LogP contribution in [-0.4, -0.2) is 88.6 Å². The first-order valence-electron chi connectivity index (χ1n) is 13.8. The number of hydrogen-bond acceptors (Lipinski definition) is 8. The van der Waals surface area contributed by atoms with E-state index in [4.69, 9.17) is 15.7 Å². The number of pyridine rings is 1. The largest absolute Gasteiger partial charge is 0.396 e. The second kappa shape index (κ2) is 10.9. The van der Waals surface area contributed by atoms with Gasteiger partial charge < -0.3 is 20.4 Å². The van der Waals surface area contributed by atoms with E-state index in [-0.39, 0.29) is 22.8 Å². The van der Waals surface area contributed by atoms with E-state index in [1.165, 1.54) is 16.7 Å². The summed E-state index contributed by atoms with van der Waals surface area (Å²) in [5.74, 6) is 0.392. The van der Waals surface area contributed by atoms with E-state index in [1.807, 2.05) is 6.07 Å². The molecule has 2 aliphatic rings. The molecular weight excluding hydrogens is 511 g/mol. The van der Waals surface area contributed by atoms with Crippen molar-refractivity contribution in [2.45, 2.75) is 33.7 Å². The quantitative estimate of drug-likeness (QED) is 0.355. The number of aromatic nitrogens is 3. The fraction of sp³-hybridized carbons (Fsp3) is 0.448. The molecule has 1 amide bonds. The molecular formula is C29H37FN8O2. The molecule has 0 bridgehead atoms. The third-order valence-electron chi connectivity index (χ3n) is 8.14. The van der Waals surface area contributed by atoms with Crippen LogP contribution in [0.2, 0.25) is 0 Å². The van der Waals surface area contributed by atoms with E-state index in [9.17, 15) is 9.59 Å². The summed E-state index contributed by atoms with van der Waals surface area (Å²) in [6.07, 6.45) is 1.33. The summed E-state index contributed by atoms with van der Waals surface area (Å²) in [5, 5.41) is 0.605. The first-order valence-corrected chi connectivity index (χ1v) is 13.8. The minimum atomic E-state index is -0.633. The van der Waals surface area contributed by atoms with E-state index >= 15 is 4.39 Å². The minimum absolute atomic E-state index is 0.0222. The number of anilines is 3. The molecule has 0 radical (unpaired) electrons. The maximum absolute atomic E-state index is 15.3. The summed E-state index contributed by atoms with van der Waals surface area (Å²) in [5.41, 5.74) is 6.94. The van der Waals surface area contributed by atoms with Gasteiger partial charge in [0.15, 0.2) is 5.82 Å². The summed E-state index contributed by atoms with van der Waals surface area (Å²) in [6, 6.07) is 5.44. The van der Waals surface area contributed by atoms with Gasteiger partial charge in [-0.05, 0) is 50.7 Å². The molecule has 4 heterocycles. The number of halogens is 1. The highest BCUT2D eigenvalue weighted by Gasteiger charge is 2.34. The van der Waals surface area contributed by atoms with Crippen LogP contribution in [0.5, 0.6) is 0 Å². The number of hydrogen-bond donors (Lipinski definition) is 1. The predicted octanol–water partition coefficient (Wildman–Crippen LogP) is 2.48. The van der Waals surface area contributed by atoms with Crippen LogP contribution in [-0.2, 0) is 4.79 Å². The van der Waals surface area contributed by atoms with Gasteiger partial charge in [0.1, 0.15) is 11.3 Å². The minimum Gasteiger partial charge on any atom is -0.396 e. The molecule has 5 rings (SSSR count). The Hall–Kier alpha value is -3.99. The van der Waals surface area contributed by atoms with Crippen molar-refractivity contribution in [3.63, 3.8) is 0 Å². The zero-order chi connectivity index (χ0) is 28.7. The second-order valence-electron chi connectivity index (χ2n) is 10.5. The first-order chi connectivity index (χ1) is 19.2. The molecule has 10 nitrogen and oxygen atoms in total. The fourth-order valence-electron chi connectivity index (χ4n) is 5.75. The van der Waals surface area contributed by atoms with E-state index in [1.54, 1.807) is 24.8 Å². The predicted molar refractivity (Wildman–Crippen MR) is 157 cm³/mol. The third kappa shape index (κ3) is 4.68. The lowest BCUT2D eigenvalue weighted by Gasteiger charge is -2.45. The van der Waals surface area contributed by atoms with E-state index in [0.717, 1.165) is 26.2 Å². The van der Waals surface area contributed by atoms with Gasteiger partial charge >= 0.3 is 0 Å². The Morgan fingerprint density at radius 2 is 1.80 bits per heavy atom. The van der Waals surface area contributed by atoms with Crippen LogP contribution < -0.4 is 21.1 Å². The van der Waals surface area contributed by atoms with E-state index in [0.29, 0.717) is 60.6 Å². The number of carbonyl (C=O) groups is 1. The zero-order valence-electron chi connectivity index (χ0n) is 23.7. The van der Waals surface area contributed by atoms with Crippen LogP contribution in [0.25, 0.3) is 16.6 Å². The van der Waals surface area contributed by atoms with Crippen molar-refractivity contribution in [2.24, 2.45) is 0 Å². The Morgan fingerprint density at radius 3 is 2.42 bits per heavy atom. The smallest absolute Gasteiger partial charge is 0.282 e. The van der Waals surface area contributed by atoms with Crippen molar-refractivity contribution in [3.05, 3.63) is 58.3 Å². The Labute approximate surface area is 233 Å². The van der Waals surface area contributed by atoms with Crippen molar-refractivity contribution in [1.29, 1.82) is 0 Å². The molecule has 2 fully saturated rings. The van der Waals surface area contributed by atoms with Gasteiger partial charge in [0.2, 0.25) is 11.9 Å². The van der Waals surface area contributed by atoms with Crippen molar-refractivity contribution < 1.29 is 9.18 Å². The van der Waals surface area contributed by atoms with Crippen molar-refractivity contribution in [3.8, 4) is 5.69 Å². The topological polar surface area (TPSA) is 104 Å². The Kier molecular flexibility index (Phi) is 7.50. The number of aryl methyl sites for hydroxylation is 2. The summed E-state index contributed by atoms with van der Waals surface area (Å²) in [7, 11) is 0. The first kappa shape index (κ1) is 27.6. The van der Waals surface area contributed by atoms with Crippen LogP contribution in [0.15, 0.2) is 35.6 Å². The molecule has 11 heteroatoms. The molecule has 2 N–H and O–H groups in total. The van der Waals surface area contributed by atoms with Gasteiger partial charge in [0.05, 0.1) is 16.8 Å². The van der Waals surface area contributed by atoms with E-state index < -0.39 is 11.4 Å². The summed E-state index contributed by atoms with van der Waals surface area (Å²) in [6.45, 7) is 17.0. The van der Waals surface area contributed by atoms with Crippen LogP contribution in [0.3, 0.4) is 0 Å². The number of likely N-dealkylation sites (N-methyl/N-ethyl adjacent to an activating group) is 1. The van der Waals surface area contributed by atoms with Gasteiger partial charge in [-0.1, -0.05) is 26.5 Å². The second-order valence-corrected chi connectivity index (χ2v) is 10.5. The molecule has 0 aliphatic carbocycles.